The number of likely N-dealkylation sites (tertiary alicyclic amines) is 1. The van der Waals surface area contributed by atoms with E-state index in [0.717, 1.165) is 32.8 Å². The Balaban J connectivity index is 2.10. The van der Waals surface area contributed by atoms with E-state index in [0.29, 0.717) is 12.5 Å². The Kier molecular flexibility index (Phi) is 5.37. The van der Waals surface area contributed by atoms with Gasteiger partial charge in [0.1, 0.15) is 0 Å². The molecule has 0 aromatic heterocycles. The third kappa shape index (κ3) is 3.96. The highest BCUT2D eigenvalue weighted by molar-refractivity contribution is 4.75. The Morgan fingerprint density at radius 3 is 3.21 bits per heavy atom. The molecule has 1 fully saturated rings. The van der Waals surface area contributed by atoms with Crippen molar-refractivity contribution in [3.63, 3.8) is 0 Å². The molecule has 0 spiro atoms. The van der Waals surface area contributed by atoms with Crippen LogP contribution in [0, 0.1) is 5.92 Å². The van der Waals surface area contributed by atoms with Crippen molar-refractivity contribution in [1.82, 2.24) is 4.90 Å². The first kappa shape index (κ1) is 11.3. The molecule has 0 saturated carbocycles. The number of ether oxygens (including phenoxy) is 1. The van der Waals surface area contributed by atoms with Gasteiger partial charge < -0.3 is 9.64 Å². The first-order valence-corrected chi connectivity index (χ1v) is 5.17. The fourth-order valence-electron chi connectivity index (χ4n) is 1.77. The van der Waals surface area contributed by atoms with Crippen LogP contribution in [0.3, 0.4) is 0 Å². The molecular weight excluding hydrogens is 180 g/mol. The SMILES string of the molecule is CCOC[C@@H]1CCN(CCN=[N+]=[N-])C1. The molecule has 1 heterocycles. The van der Waals surface area contributed by atoms with Crippen LogP contribution in [0.15, 0.2) is 5.11 Å². The van der Waals surface area contributed by atoms with Gasteiger partial charge in [0.05, 0.1) is 6.61 Å². The lowest BCUT2D eigenvalue weighted by Gasteiger charge is -2.14. The predicted molar refractivity (Wildman–Crippen MR) is 55.1 cm³/mol. The van der Waals surface area contributed by atoms with Gasteiger partial charge in [-0.1, -0.05) is 5.11 Å². The molecule has 0 bridgehead atoms. The van der Waals surface area contributed by atoms with E-state index in [1.54, 1.807) is 0 Å². The van der Waals surface area contributed by atoms with Crippen molar-refractivity contribution in [2.24, 2.45) is 11.0 Å². The van der Waals surface area contributed by atoms with Gasteiger partial charge in [-0.15, -0.1) is 0 Å². The normalized spacial score (nSPS) is 22.2. The van der Waals surface area contributed by atoms with E-state index in [2.05, 4.69) is 14.9 Å². The van der Waals surface area contributed by atoms with Crippen LogP contribution in [-0.2, 0) is 4.74 Å². The molecule has 0 unspecified atom stereocenters. The number of azide groups is 1. The third-order valence-electron chi connectivity index (χ3n) is 2.51. The second-order valence-corrected chi connectivity index (χ2v) is 3.57. The predicted octanol–water partition coefficient (Wildman–Crippen LogP) is 1.66. The minimum Gasteiger partial charge on any atom is -0.381 e. The quantitative estimate of drug-likeness (QED) is 0.370. The van der Waals surface area contributed by atoms with E-state index in [1.165, 1.54) is 6.42 Å². The molecule has 0 aliphatic carbocycles. The van der Waals surface area contributed by atoms with Crippen LogP contribution >= 0.6 is 0 Å². The lowest BCUT2D eigenvalue weighted by molar-refractivity contribution is 0.112. The van der Waals surface area contributed by atoms with Crippen molar-refractivity contribution in [3.8, 4) is 0 Å². The van der Waals surface area contributed by atoms with Gasteiger partial charge in [0.25, 0.3) is 0 Å². The van der Waals surface area contributed by atoms with Crippen molar-refractivity contribution in [3.05, 3.63) is 10.4 Å². The van der Waals surface area contributed by atoms with Crippen molar-refractivity contribution in [2.75, 3.05) is 39.4 Å². The van der Waals surface area contributed by atoms with Gasteiger partial charge in [-0.2, -0.15) is 0 Å². The first-order chi connectivity index (χ1) is 6.86. The van der Waals surface area contributed by atoms with Crippen molar-refractivity contribution >= 4 is 0 Å². The van der Waals surface area contributed by atoms with E-state index in [9.17, 15) is 0 Å². The summed E-state index contributed by atoms with van der Waals surface area (Å²) in [5.74, 6) is 0.668. The molecule has 0 aromatic rings. The lowest BCUT2D eigenvalue weighted by atomic mass is 10.1. The monoisotopic (exact) mass is 198 g/mol. The minimum atomic E-state index is 0.581. The van der Waals surface area contributed by atoms with Crippen LogP contribution in [-0.4, -0.2) is 44.3 Å². The molecule has 0 aromatic carbocycles. The summed E-state index contributed by atoms with van der Waals surface area (Å²) in [6.07, 6.45) is 1.20. The van der Waals surface area contributed by atoms with Gasteiger partial charge in [0.15, 0.2) is 0 Å². The molecule has 5 heteroatoms. The van der Waals surface area contributed by atoms with Crippen molar-refractivity contribution in [2.45, 2.75) is 13.3 Å². The summed E-state index contributed by atoms with van der Waals surface area (Å²) in [7, 11) is 0. The topological polar surface area (TPSA) is 61.2 Å². The summed E-state index contributed by atoms with van der Waals surface area (Å²) in [6, 6.07) is 0. The van der Waals surface area contributed by atoms with Crippen LogP contribution in [0.2, 0.25) is 0 Å². The summed E-state index contributed by atoms with van der Waals surface area (Å²) >= 11 is 0. The maximum atomic E-state index is 8.13. The standard InChI is InChI=1S/C9H18N4O/c1-2-14-8-9-3-5-13(7-9)6-4-11-12-10/h9H,2-8H2,1H3/t9-/m1/s1. The second kappa shape index (κ2) is 6.65. The van der Waals surface area contributed by atoms with E-state index in [4.69, 9.17) is 10.3 Å². The summed E-state index contributed by atoms with van der Waals surface area (Å²) in [5.41, 5.74) is 8.13. The zero-order valence-electron chi connectivity index (χ0n) is 8.72. The largest absolute Gasteiger partial charge is 0.381 e. The smallest absolute Gasteiger partial charge is 0.0506 e. The molecule has 5 nitrogen and oxygen atoms in total. The fraction of sp³-hybridized carbons (Fsp3) is 1.00. The zero-order chi connectivity index (χ0) is 10.2. The number of nitrogens with zero attached hydrogens (tertiary/aromatic N) is 4. The van der Waals surface area contributed by atoms with Crippen molar-refractivity contribution < 1.29 is 4.74 Å². The van der Waals surface area contributed by atoms with E-state index in [1.807, 2.05) is 6.92 Å². The van der Waals surface area contributed by atoms with Gasteiger partial charge in [-0.25, -0.2) is 0 Å². The Labute approximate surface area is 84.7 Å². The highest BCUT2D eigenvalue weighted by Gasteiger charge is 2.21. The van der Waals surface area contributed by atoms with Crippen LogP contribution in [0.1, 0.15) is 13.3 Å². The van der Waals surface area contributed by atoms with Gasteiger partial charge in [0, 0.05) is 31.2 Å². The lowest BCUT2D eigenvalue weighted by Crippen LogP contribution is -2.24. The van der Waals surface area contributed by atoms with Crippen LogP contribution < -0.4 is 0 Å². The van der Waals surface area contributed by atoms with E-state index in [-0.39, 0.29) is 0 Å². The molecule has 1 aliphatic rings. The number of hydrogen-bond donors (Lipinski definition) is 0. The summed E-state index contributed by atoms with van der Waals surface area (Å²) in [5, 5.41) is 3.53. The Hall–Kier alpha value is -0.770. The average molecular weight is 198 g/mol. The molecule has 1 atom stereocenters. The third-order valence-corrected chi connectivity index (χ3v) is 2.51. The van der Waals surface area contributed by atoms with Crippen LogP contribution in [0.4, 0.5) is 0 Å². The molecular formula is C9H18N4O. The zero-order valence-corrected chi connectivity index (χ0v) is 8.72. The van der Waals surface area contributed by atoms with E-state index < -0.39 is 0 Å². The van der Waals surface area contributed by atoms with E-state index >= 15 is 0 Å². The molecule has 80 valence electrons. The average Bonchev–Trinajstić information content (AvgIpc) is 2.63. The second-order valence-electron chi connectivity index (χ2n) is 3.57. The van der Waals surface area contributed by atoms with Gasteiger partial charge >= 0.3 is 0 Å². The maximum Gasteiger partial charge on any atom is 0.0506 e. The molecule has 1 saturated heterocycles. The van der Waals surface area contributed by atoms with Crippen LogP contribution in [0.5, 0.6) is 0 Å². The van der Waals surface area contributed by atoms with Crippen molar-refractivity contribution in [1.29, 1.82) is 0 Å². The maximum absolute atomic E-state index is 8.13. The Morgan fingerprint density at radius 1 is 1.64 bits per heavy atom. The van der Waals surface area contributed by atoms with Gasteiger partial charge in [0.2, 0.25) is 0 Å². The molecule has 14 heavy (non-hydrogen) atoms. The Bertz CT molecular complexity index is 203. The first-order valence-electron chi connectivity index (χ1n) is 5.17. The fourth-order valence-corrected chi connectivity index (χ4v) is 1.77. The summed E-state index contributed by atoms with van der Waals surface area (Å²) in [6.45, 7) is 7.35. The number of rotatable bonds is 6. The van der Waals surface area contributed by atoms with Gasteiger partial charge in [-0.3, -0.25) is 0 Å². The molecule has 0 amide bonds. The highest BCUT2D eigenvalue weighted by atomic mass is 16.5. The molecule has 1 aliphatic heterocycles. The minimum absolute atomic E-state index is 0.581. The Morgan fingerprint density at radius 2 is 2.50 bits per heavy atom. The molecule has 1 rings (SSSR count). The molecule has 0 radical (unpaired) electrons. The number of hydrogen-bond acceptors (Lipinski definition) is 3. The summed E-state index contributed by atoms with van der Waals surface area (Å²) in [4.78, 5) is 5.07. The highest BCUT2D eigenvalue weighted by Crippen LogP contribution is 2.15. The van der Waals surface area contributed by atoms with Gasteiger partial charge in [-0.05, 0) is 31.3 Å². The summed E-state index contributed by atoms with van der Waals surface area (Å²) < 4.78 is 5.38. The molecule has 0 N–H and O–H groups in total. The van der Waals surface area contributed by atoms with Crippen LogP contribution in [0.25, 0.3) is 10.4 Å².